The zero-order chi connectivity index (χ0) is 19.4. The first-order valence-electron chi connectivity index (χ1n) is 7.88. The molecule has 2 aromatic carbocycles. The molecule has 0 radical (unpaired) electrons. The normalized spacial score (nSPS) is 11.0. The maximum absolute atomic E-state index is 12.5. The third-order valence-electron chi connectivity index (χ3n) is 3.60. The van der Waals surface area contributed by atoms with E-state index in [1.54, 1.807) is 12.5 Å². The number of anilines is 2. The second-order valence-corrected chi connectivity index (χ2v) is 8.12. The molecule has 1 amide bonds. The lowest BCUT2D eigenvalue weighted by Crippen LogP contribution is -2.13. The fourth-order valence-corrected chi connectivity index (χ4v) is 4.28. The maximum atomic E-state index is 12.5. The van der Waals surface area contributed by atoms with Crippen LogP contribution in [0.5, 0.6) is 5.75 Å². The van der Waals surface area contributed by atoms with E-state index in [-0.39, 0.29) is 15.9 Å². The highest BCUT2D eigenvalue weighted by molar-refractivity contribution is 7.93. The third-order valence-corrected chi connectivity index (χ3v) is 5.84. The van der Waals surface area contributed by atoms with Crippen LogP contribution in [0.3, 0.4) is 0 Å². The van der Waals surface area contributed by atoms with Gasteiger partial charge in [0.2, 0.25) is 5.91 Å². The van der Waals surface area contributed by atoms with Crippen molar-refractivity contribution in [2.24, 2.45) is 0 Å². The van der Waals surface area contributed by atoms with Gasteiger partial charge >= 0.3 is 0 Å². The molecular weight excluding hydrogens is 386 g/mol. The summed E-state index contributed by atoms with van der Waals surface area (Å²) in [6, 6.07) is 13.2. The van der Waals surface area contributed by atoms with Crippen molar-refractivity contribution >= 4 is 38.1 Å². The summed E-state index contributed by atoms with van der Waals surface area (Å²) in [7, 11) is -2.18. The van der Waals surface area contributed by atoms with E-state index in [0.29, 0.717) is 11.4 Å². The molecule has 1 heterocycles. The van der Waals surface area contributed by atoms with E-state index in [0.717, 1.165) is 11.3 Å². The minimum absolute atomic E-state index is 0.0813. The number of nitrogens with zero attached hydrogens (tertiary/aromatic N) is 1. The Morgan fingerprint density at radius 1 is 1.07 bits per heavy atom. The Morgan fingerprint density at radius 2 is 1.74 bits per heavy atom. The van der Waals surface area contributed by atoms with Crippen LogP contribution in [-0.4, -0.2) is 26.4 Å². The molecule has 0 unspecified atom stereocenters. The van der Waals surface area contributed by atoms with Crippen molar-refractivity contribution in [1.82, 2.24) is 4.98 Å². The fourth-order valence-electron chi connectivity index (χ4n) is 2.31. The number of methoxy groups -OCH3 is 1. The molecule has 0 aliphatic heterocycles. The summed E-state index contributed by atoms with van der Waals surface area (Å²) in [5, 5.41) is 4.64. The molecule has 9 heteroatoms. The Morgan fingerprint density at radius 3 is 2.33 bits per heavy atom. The van der Waals surface area contributed by atoms with Crippen LogP contribution in [0, 0.1) is 0 Å². The lowest BCUT2D eigenvalue weighted by Gasteiger charge is -2.07. The van der Waals surface area contributed by atoms with E-state index in [1.807, 2.05) is 24.3 Å². The molecule has 140 valence electrons. The van der Waals surface area contributed by atoms with Gasteiger partial charge in [0.25, 0.3) is 10.0 Å². The van der Waals surface area contributed by atoms with Gasteiger partial charge in [0, 0.05) is 23.6 Å². The molecule has 2 N–H and O–H groups in total. The molecule has 0 bridgehead atoms. The van der Waals surface area contributed by atoms with Gasteiger partial charge in [0.1, 0.15) is 5.75 Å². The predicted molar refractivity (Wildman–Crippen MR) is 106 cm³/mol. The van der Waals surface area contributed by atoms with Crippen LogP contribution in [0.15, 0.2) is 58.8 Å². The average Bonchev–Trinajstić information content (AvgIpc) is 3.09. The number of hydrogen-bond donors (Lipinski definition) is 2. The smallest absolute Gasteiger partial charge is 0.263 e. The van der Waals surface area contributed by atoms with E-state index in [4.69, 9.17) is 4.74 Å². The van der Waals surface area contributed by atoms with E-state index in [1.165, 1.54) is 42.5 Å². The number of carbonyl (C=O) groups is 1. The van der Waals surface area contributed by atoms with Crippen LogP contribution in [0.1, 0.15) is 6.92 Å². The number of carbonyl (C=O) groups excluding carboxylic acids is 1. The van der Waals surface area contributed by atoms with Crippen LogP contribution in [0.4, 0.5) is 10.8 Å². The second kappa shape index (κ2) is 7.77. The van der Waals surface area contributed by atoms with E-state index < -0.39 is 10.0 Å². The summed E-state index contributed by atoms with van der Waals surface area (Å²) >= 11 is 1.20. The largest absolute Gasteiger partial charge is 0.497 e. The van der Waals surface area contributed by atoms with Gasteiger partial charge in [-0.05, 0) is 48.5 Å². The van der Waals surface area contributed by atoms with Crippen molar-refractivity contribution in [3.05, 3.63) is 53.9 Å². The highest BCUT2D eigenvalue weighted by atomic mass is 32.2. The van der Waals surface area contributed by atoms with Crippen LogP contribution >= 0.6 is 11.3 Å². The standard InChI is InChI=1S/C18H17N3O4S2/c1-12(22)19-14-5-9-16(10-6-14)27(23,24)21-18-20-17(11-26-18)13-3-7-15(25-2)8-4-13/h3-11H,1-2H3,(H,19,22)(H,20,21). The minimum Gasteiger partial charge on any atom is -0.497 e. The Bertz CT molecular complexity index is 1040. The number of ether oxygens (including phenoxy) is 1. The Hall–Kier alpha value is -2.91. The Kier molecular flexibility index (Phi) is 5.43. The van der Waals surface area contributed by atoms with Crippen molar-refractivity contribution < 1.29 is 17.9 Å². The van der Waals surface area contributed by atoms with Crippen molar-refractivity contribution in [3.8, 4) is 17.0 Å². The molecular formula is C18H17N3O4S2. The highest BCUT2D eigenvalue weighted by Gasteiger charge is 2.16. The molecule has 7 nitrogen and oxygen atoms in total. The summed E-state index contributed by atoms with van der Waals surface area (Å²) in [4.78, 5) is 15.5. The van der Waals surface area contributed by atoms with Gasteiger partial charge < -0.3 is 10.1 Å². The number of rotatable bonds is 6. The summed E-state index contributed by atoms with van der Waals surface area (Å²) in [5.74, 6) is 0.509. The van der Waals surface area contributed by atoms with E-state index >= 15 is 0 Å². The quantitative estimate of drug-likeness (QED) is 0.656. The lowest BCUT2D eigenvalue weighted by molar-refractivity contribution is -0.114. The van der Waals surface area contributed by atoms with Gasteiger partial charge in [-0.15, -0.1) is 11.3 Å². The van der Waals surface area contributed by atoms with Crippen molar-refractivity contribution in [2.75, 3.05) is 17.1 Å². The molecule has 3 aromatic rings. The molecule has 3 rings (SSSR count). The van der Waals surface area contributed by atoms with Gasteiger partial charge in [-0.25, -0.2) is 13.4 Å². The molecule has 0 aliphatic rings. The molecule has 27 heavy (non-hydrogen) atoms. The molecule has 0 spiro atoms. The second-order valence-electron chi connectivity index (χ2n) is 5.58. The van der Waals surface area contributed by atoms with Crippen LogP contribution in [-0.2, 0) is 14.8 Å². The van der Waals surface area contributed by atoms with Crippen molar-refractivity contribution in [1.29, 1.82) is 0 Å². The number of aromatic nitrogens is 1. The summed E-state index contributed by atoms with van der Waals surface area (Å²) < 4.78 is 32.6. The van der Waals surface area contributed by atoms with E-state index in [9.17, 15) is 13.2 Å². The molecule has 0 aliphatic carbocycles. The number of sulfonamides is 1. The first-order chi connectivity index (χ1) is 12.9. The van der Waals surface area contributed by atoms with Crippen molar-refractivity contribution in [2.45, 2.75) is 11.8 Å². The van der Waals surface area contributed by atoms with Gasteiger partial charge in [0.15, 0.2) is 5.13 Å². The number of hydrogen-bond acceptors (Lipinski definition) is 6. The fraction of sp³-hybridized carbons (Fsp3) is 0.111. The molecule has 0 atom stereocenters. The van der Waals surface area contributed by atoms with Gasteiger partial charge in [-0.1, -0.05) is 0 Å². The molecule has 0 fully saturated rings. The topological polar surface area (TPSA) is 97.4 Å². The van der Waals surface area contributed by atoms with Crippen LogP contribution in [0.25, 0.3) is 11.3 Å². The van der Waals surface area contributed by atoms with Crippen LogP contribution in [0.2, 0.25) is 0 Å². The minimum atomic E-state index is -3.77. The Balaban J connectivity index is 1.76. The first kappa shape index (κ1) is 18.9. The highest BCUT2D eigenvalue weighted by Crippen LogP contribution is 2.28. The van der Waals surface area contributed by atoms with Gasteiger partial charge in [0.05, 0.1) is 17.7 Å². The van der Waals surface area contributed by atoms with Crippen molar-refractivity contribution in [3.63, 3.8) is 0 Å². The zero-order valence-corrected chi connectivity index (χ0v) is 16.2. The monoisotopic (exact) mass is 403 g/mol. The number of thiazole rings is 1. The zero-order valence-electron chi connectivity index (χ0n) is 14.6. The molecule has 0 saturated carbocycles. The summed E-state index contributed by atoms with van der Waals surface area (Å²) in [6.45, 7) is 1.38. The average molecular weight is 403 g/mol. The Labute approximate surface area is 161 Å². The lowest BCUT2D eigenvalue weighted by atomic mass is 10.2. The molecule has 0 saturated heterocycles. The molecule has 1 aromatic heterocycles. The summed E-state index contributed by atoms with van der Waals surface area (Å²) in [5.41, 5.74) is 2.05. The number of nitrogens with one attached hydrogen (secondary N) is 2. The number of benzene rings is 2. The van der Waals surface area contributed by atoms with E-state index in [2.05, 4.69) is 15.0 Å². The maximum Gasteiger partial charge on any atom is 0.263 e. The van der Waals surface area contributed by atoms with Gasteiger partial charge in [-0.2, -0.15) is 0 Å². The number of amides is 1. The SMILES string of the molecule is COc1ccc(-c2csc(NS(=O)(=O)c3ccc(NC(C)=O)cc3)n2)cc1. The predicted octanol–water partition coefficient (Wildman–Crippen LogP) is 3.58. The van der Waals surface area contributed by atoms with Crippen LogP contribution < -0.4 is 14.8 Å². The first-order valence-corrected chi connectivity index (χ1v) is 10.2. The van der Waals surface area contributed by atoms with Gasteiger partial charge in [-0.3, -0.25) is 9.52 Å². The summed E-state index contributed by atoms with van der Waals surface area (Å²) in [6.07, 6.45) is 0. The third kappa shape index (κ3) is 4.63.